The summed E-state index contributed by atoms with van der Waals surface area (Å²) in [5, 5.41) is 9.09. The predicted molar refractivity (Wildman–Crippen MR) is 95.1 cm³/mol. The van der Waals surface area contributed by atoms with E-state index in [9.17, 15) is 4.79 Å². The van der Waals surface area contributed by atoms with Crippen molar-refractivity contribution in [2.45, 2.75) is 45.1 Å². The highest BCUT2D eigenvalue weighted by molar-refractivity contribution is 7.10. The van der Waals surface area contributed by atoms with Gasteiger partial charge in [-0.1, -0.05) is 24.1 Å². The highest BCUT2D eigenvalue weighted by Gasteiger charge is 2.23. The highest BCUT2D eigenvalue weighted by atomic mass is 32.1. The second kappa shape index (κ2) is 8.44. The Hall–Kier alpha value is -1.66. The molecule has 2 aromatic heterocycles. The molecule has 1 amide bonds. The van der Waals surface area contributed by atoms with Crippen molar-refractivity contribution in [1.82, 2.24) is 15.4 Å². The van der Waals surface area contributed by atoms with Crippen LogP contribution in [0.1, 0.15) is 48.1 Å². The first kappa shape index (κ1) is 17.2. The van der Waals surface area contributed by atoms with Crippen LogP contribution >= 0.6 is 11.3 Å². The Morgan fingerprint density at radius 1 is 1.38 bits per heavy atom. The van der Waals surface area contributed by atoms with Crippen LogP contribution in [0.2, 0.25) is 0 Å². The molecule has 1 N–H and O–H groups in total. The molecule has 0 bridgehead atoms. The number of likely N-dealkylation sites (tertiary alicyclic amines) is 1. The number of nitrogens with one attached hydrogen (secondary N) is 1. The van der Waals surface area contributed by atoms with Crippen molar-refractivity contribution in [2.75, 3.05) is 19.6 Å². The number of nitrogens with zero attached hydrogens (tertiary/aromatic N) is 2. The Kier molecular flexibility index (Phi) is 6.04. The van der Waals surface area contributed by atoms with Gasteiger partial charge in [0.05, 0.1) is 18.2 Å². The van der Waals surface area contributed by atoms with E-state index in [0.717, 1.165) is 18.8 Å². The van der Waals surface area contributed by atoms with E-state index in [1.165, 1.54) is 30.6 Å². The number of aryl methyl sites for hydroxylation is 1. The van der Waals surface area contributed by atoms with Crippen LogP contribution in [-0.4, -0.2) is 35.6 Å². The largest absolute Gasteiger partial charge is 0.361 e. The highest BCUT2D eigenvalue weighted by Crippen LogP contribution is 2.27. The van der Waals surface area contributed by atoms with Crippen molar-refractivity contribution in [2.24, 2.45) is 0 Å². The topological polar surface area (TPSA) is 58.4 Å². The van der Waals surface area contributed by atoms with Crippen molar-refractivity contribution in [3.63, 3.8) is 0 Å². The van der Waals surface area contributed by atoms with Crippen LogP contribution in [0.15, 0.2) is 28.1 Å². The quantitative estimate of drug-likeness (QED) is 0.871. The molecule has 5 nitrogen and oxygen atoms in total. The molecule has 1 atom stereocenters. The van der Waals surface area contributed by atoms with Gasteiger partial charge in [0.1, 0.15) is 5.76 Å². The lowest BCUT2D eigenvalue weighted by Gasteiger charge is -2.30. The van der Waals surface area contributed by atoms with Crippen LogP contribution in [0, 0.1) is 6.92 Å². The number of aromatic nitrogens is 1. The second-order valence-electron chi connectivity index (χ2n) is 6.39. The van der Waals surface area contributed by atoms with Crippen LogP contribution in [0.4, 0.5) is 0 Å². The summed E-state index contributed by atoms with van der Waals surface area (Å²) in [6.07, 6.45) is 5.38. The summed E-state index contributed by atoms with van der Waals surface area (Å²) in [6, 6.07) is 6.34. The summed E-state index contributed by atoms with van der Waals surface area (Å²) in [5.74, 6) is 0.735. The molecule has 1 aliphatic heterocycles. The summed E-state index contributed by atoms with van der Waals surface area (Å²) in [7, 11) is 0. The third-order valence-corrected chi connectivity index (χ3v) is 5.44. The third-order valence-electron chi connectivity index (χ3n) is 4.46. The summed E-state index contributed by atoms with van der Waals surface area (Å²) < 4.78 is 5.02. The zero-order valence-corrected chi connectivity index (χ0v) is 15.0. The van der Waals surface area contributed by atoms with Crippen LogP contribution in [-0.2, 0) is 11.2 Å². The molecule has 24 heavy (non-hydrogen) atoms. The van der Waals surface area contributed by atoms with Gasteiger partial charge in [-0.15, -0.1) is 11.3 Å². The average molecular weight is 347 g/mol. The summed E-state index contributed by atoms with van der Waals surface area (Å²) in [5.41, 5.74) is 0.687. The van der Waals surface area contributed by atoms with Crippen LogP contribution in [0.25, 0.3) is 0 Å². The van der Waals surface area contributed by atoms with E-state index in [-0.39, 0.29) is 18.4 Å². The van der Waals surface area contributed by atoms with Crippen molar-refractivity contribution < 1.29 is 9.32 Å². The first-order valence-corrected chi connectivity index (χ1v) is 9.56. The van der Waals surface area contributed by atoms with Gasteiger partial charge < -0.3 is 9.84 Å². The van der Waals surface area contributed by atoms with E-state index in [1.54, 1.807) is 11.3 Å². The second-order valence-corrected chi connectivity index (χ2v) is 7.37. The molecule has 130 valence electrons. The SMILES string of the molecule is Cc1cc(CC(=O)NCC(c2cccs2)N2CCCCCC2)no1. The molecule has 0 spiro atoms. The number of hydrogen-bond donors (Lipinski definition) is 1. The van der Waals surface area contributed by atoms with Crippen LogP contribution in [0.5, 0.6) is 0 Å². The van der Waals surface area contributed by atoms with Gasteiger partial charge in [-0.05, 0) is 44.3 Å². The van der Waals surface area contributed by atoms with Crippen molar-refractivity contribution >= 4 is 17.2 Å². The molecule has 3 heterocycles. The molecule has 0 aromatic carbocycles. The first-order valence-electron chi connectivity index (χ1n) is 8.69. The van der Waals surface area contributed by atoms with E-state index >= 15 is 0 Å². The minimum atomic E-state index is -0.000298. The first-order chi connectivity index (χ1) is 11.7. The van der Waals surface area contributed by atoms with Crippen LogP contribution < -0.4 is 5.32 Å². The van der Waals surface area contributed by atoms with E-state index in [0.29, 0.717) is 12.2 Å². The summed E-state index contributed by atoms with van der Waals surface area (Å²) in [6.45, 7) is 4.71. The fraction of sp³-hybridized carbons (Fsp3) is 0.556. The van der Waals surface area contributed by atoms with E-state index in [4.69, 9.17) is 4.52 Å². The lowest BCUT2D eigenvalue weighted by molar-refractivity contribution is -0.120. The average Bonchev–Trinajstić information content (AvgIpc) is 3.14. The number of carbonyl (C=O) groups excluding carboxylic acids is 1. The minimum Gasteiger partial charge on any atom is -0.361 e. The fourth-order valence-corrected chi connectivity index (χ4v) is 4.10. The smallest absolute Gasteiger partial charge is 0.226 e. The number of rotatable bonds is 6. The van der Waals surface area contributed by atoms with E-state index in [1.807, 2.05) is 13.0 Å². The van der Waals surface area contributed by atoms with Crippen molar-refractivity contribution in [3.8, 4) is 0 Å². The van der Waals surface area contributed by atoms with Gasteiger partial charge in [-0.25, -0.2) is 0 Å². The number of carbonyl (C=O) groups is 1. The monoisotopic (exact) mass is 347 g/mol. The third kappa shape index (κ3) is 4.68. The molecule has 0 aliphatic carbocycles. The molecule has 0 saturated carbocycles. The van der Waals surface area contributed by atoms with Gasteiger partial charge in [0.2, 0.25) is 5.91 Å². The number of hydrogen-bond acceptors (Lipinski definition) is 5. The Labute approximate surface area is 147 Å². The lowest BCUT2D eigenvalue weighted by atomic mass is 10.1. The number of thiophene rings is 1. The predicted octanol–water partition coefficient (Wildman–Crippen LogP) is 3.32. The standard InChI is InChI=1S/C18H25N3O2S/c1-14-11-15(20-23-14)12-18(22)19-13-16(17-7-6-10-24-17)21-8-4-2-3-5-9-21/h6-7,10-11,16H,2-5,8-9,12-13H2,1H3,(H,19,22). The van der Waals surface area contributed by atoms with Gasteiger partial charge in [0.25, 0.3) is 0 Å². The van der Waals surface area contributed by atoms with Gasteiger partial charge in [0, 0.05) is 17.5 Å². The molecular weight excluding hydrogens is 322 g/mol. The van der Waals surface area contributed by atoms with Gasteiger partial charge in [0.15, 0.2) is 0 Å². The minimum absolute atomic E-state index is 0.000298. The van der Waals surface area contributed by atoms with Crippen LogP contribution in [0.3, 0.4) is 0 Å². The van der Waals surface area contributed by atoms with E-state index in [2.05, 4.69) is 32.9 Å². The summed E-state index contributed by atoms with van der Waals surface area (Å²) in [4.78, 5) is 16.1. The normalized spacial score (nSPS) is 17.4. The molecule has 2 aromatic rings. The maximum Gasteiger partial charge on any atom is 0.226 e. The molecule has 1 fully saturated rings. The van der Waals surface area contributed by atoms with E-state index < -0.39 is 0 Å². The maximum atomic E-state index is 12.2. The Morgan fingerprint density at radius 3 is 2.79 bits per heavy atom. The molecule has 1 aliphatic rings. The van der Waals surface area contributed by atoms with Crippen molar-refractivity contribution in [3.05, 3.63) is 39.9 Å². The van der Waals surface area contributed by atoms with Gasteiger partial charge in [-0.3, -0.25) is 9.69 Å². The van der Waals surface area contributed by atoms with Gasteiger partial charge in [-0.2, -0.15) is 0 Å². The summed E-state index contributed by atoms with van der Waals surface area (Å²) >= 11 is 1.77. The maximum absolute atomic E-state index is 12.2. The molecule has 1 unspecified atom stereocenters. The zero-order valence-electron chi connectivity index (χ0n) is 14.2. The molecular formula is C18H25N3O2S. The molecule has 6 heteroatoms. The molecule has 3 rings (SSSR count). The Morgan fingerprint density at radius 2 is 2.17 bits per heavy atom. The van der Waals surface area contributed by atoms with Crippen molar-refractivity contribution in [1.29, 1.82) is 0 Å². The molecule has 1 saturated heterocycles. The fourth-order valence-electron chi connectivity index (χ4n) is 3.24. The van der Waals surface area contributed by atoms with Gasteiger partial charge >= 0.3 is 0 Å². The zero-order chi connectivity index (χ0) is 16.8. The number of amides is 1. The molecule has 0 radical (unpaired) electrons. The Bertz CT molecular complexity index is 630. The lowest BCUT2D eigenvalue weighted by Crippen LogP contribution is -2.38. The Balaban J connectivity index is 1.60.